The number of benzene rings is 7. The Morgan fingerprint density at radius 2 is 1.18 bits per heavy atom. The van der Waals surface area contributed by atoms with E-state index in [-0.39, 0.29) is 12.0 Å². The molecule has 0 spiro atoms. The number of hydrogen-bond acceptors (Lipinski definition) is 2. The molecular formula is C48H31NO2. The molecule has 7 aromatic carbocycles. The van der Waals surface area contributed by atoms with E-state index in [0.29, 0.717) is 0 Å². The SMILES string of the molecule is C1=CC2Oc3c(c(-c4ccccc4)c(-c4ccccc4)c4c3oc3ccccc34)C2C=C1c1ccc2c(c1)c1ccccc1n2-c1ccccc1. The fourth-order valence-corrected chi connectivity index (χ4v) is 8.54. The molecule has 9 aromatic rings. The normalized spacial score (nSPS) is 16.4. The molecule has 51 heavy (non-hydrogen) atoms. The molecule has 0 N–H and O–H groups in total. The van der Waals surface area contributed by atoms with Crippen LogP contribution in [0, 0.1) is 0 Å². The molecule has 0 saturated heterocycles. The van der Waals surface area contributed by atoms with Crippen molar-refractivity contribution in [3.63, 3.8) is 0 Å². The van der Waals surface area contributed by atoms with E-state index in [4.69, 9.17) is 9.15 Å². The van der Waals surface area contributed by atoms with Crippen LogP contribution < -0.4 is 4.74 Å². The first kappa shape index (κ1) is 28.3. The van der Waals surface area contributed by atoms with E-state index in [1.54, 1.807) is 0 Å². The van der Waals surface area contributed by atoms with Crippen LogP contribution in [-0.2, 0) is 0 Å². The van der Waals surface area contributed by atoms with Crippen LogP contribution in [-0.4, -0.2) is 10.7 Å². The average Bonchev–Trinajstić information content (AvgIpc) is 3.88. The third kappa shape index (κ3) is 4.18. The Morgan fingerprint density at radius 3 is 1.96 bits per heavy atom. The van der Waals surface area contributed by atoms with Gasteiger partial charge in [-0.05, 0) is 70.3 Å². The average molecular weight is 654 g/mol. The third-order valence-corrected chi connectivity index (χ3v) is 10.7. The number of aromatic nitrogens is 1. The van der Waals surface area contributed by atoms with Crippen molar-refractivity contribution in [2.45, 2.75) is 12.0 Å². The molecule has 0 amide bonds. The van der Waals surface area contributed by atoms with Gasteiger partial charge in [0.25, 0.3) is 0 Å². The van der Waals surface area contributed by atoms with Crippen molar-refractivity contribution in [2.75, 3.05) is 0 Å². The van der Waals surface area contributed by atoms with Crippen LogP contribution in [0.5, 0.6) is 5.75 Å². The molecule has 0 bridgehead atoms. The van der Waals surface area contributed by atoms with Gasteiger partial charge in [0, 0.05) is 44.3 Å². The van der Waals surface area contributed by atoms with E-state index in [9.17, 15) is 0 Å². The monoisotopic (exact) mass is 653 g/mol. The predicted octanol–water partition coefficient (Wildman–Crippen LogP) is 12.5. The molecule has 3 nitrogen and oxygen atoms in total. The summed E-state index contributed by atoms with van der Waals surface area (Å²) in [6, 6.07) is 56.2. The van der Waals surface area contributed by atoms with Gasteiger partial charge in [-0.25, -0.2) is 0 Å². The minimum absolute atomic E-state index is 0.00311. The van der Waals surface area contributed by atoms with Crippen molar-refractivity contribution in [2.24, 2.45) is 0 Å². The largest absolute Gasteiger partial charge is 0.481 e. The molecule has 2 aliphatic rings. The molecule has 0 fully saturated rings. The van der Waals surface area contributed by atoms with Crippen molar-refractivity contribution >= 4 is 49.3 Å². The molecule has 3 heteroatoms. The van der Waals surface area contributed by atoms with Crippen molar-refractivity contribution < 1.29 is 9.15 Å². The fraction of sp³-hybridized carbons (Fsp3) is 0.0417. The quantitative estimate of drug-likeness (QED) is 0.189. The van der Waals surface area contributed by atoms with Crippen molar-refractivity contribution in [3.8, 4) is 33.7 Å². The second kappa shape index (κ2) is 11.0. The highest BCUT2D eigenvalue weighted by Gasteiger charge is 2.40. The highest BCUT2D eigenvalue weighted by molar-refractivity contribution is 6.19. The van der Waals surface area contributed by atoms with E-state index in [0.717, 1.165) is 38.9 Å². The lowest BCUT2D eigenvalue weighted by Crippen LogP contribution is -2.17. The fourth-order valence-electron chi connectivity index (χ4n) is 8.54. The molecule has 1 aliphatic carbocycles. The van der Waals surface area contributed by atoms with Crippen molar-refractivity contribution in [3.05, 3.63) is 187 Å². The smallest absolute Gasteiger partial charge is 0.178 e. The zero-order chi connectivity index (χ0) is 33.5. The van der Waals surface area contributed by atoms with E-state index in [1.807, 2.05) is 6.07 Å². The van der Waals surface area contributed by atoms with Crippen LogP contribution in [0.25, 0.3) is 77.3 Å². The maximum Gasteiger partial charge on any atom is 0.178 e. The van der Waals surface area contributed by atoms with Crippen LogP contribution in [0.4, 0.5) is 0 Å². The summed E-state index contributed by atoms with van der Waals surface area (Å²) < 4.78 is 16.0. The summed E-state index contributed by atoms with van der Waals surface area (Å²) in [5.74, 6) is 0.843. The molecule has 240 valence electrons. The highest BCUT2D eigenvalue weighted by atomic mass is 16.5. The van der Waals surface area contributed by atoms with Gasteiger partial charge in [-0.3, -0.25) is 0 Å². The molecule has 11 rings (SSSR count). The maximum absolute atomic E-state index is 6.94. The second-order valence-corrected chi connectivity index (χ2v) is 13.5. The number of allylic oxidation sites excluding steroid dienone is 2. The van der Waals surface area contributed by atoms with Gasteiger partial charge in [0.1, 0.15) is 11.7 Å². The minimum atomic E-state index is -0.141. The number of fused-ring (bicyclic) bond motifs is 10. The van der Waals surface area contributed by atoms with Gasteiger partial charge in [-0.2, -0.15) is 0 Å². The lowest BCUT2D eigenvalue weighted by atomic mass is 9.79. The first-order valence-electron chi connectivity index (χ1n) is 17.6. The Morgan fingerprint density at radius 1 is 0.529 bits per heavy atom. The number of rotatable bonds is 4. The summed E-state index contributed by atoms with van der Waals surface area (Å²) in [5.41, 5.74) is 13.5. The first-order valence-corrected chi connectivity index (χ1v) is 17.6. The maximum atomic E-state index is 6.94. The predicted molar refractivity (Wildman–Crippen MR) is 210 cm³/mol. The highest BCUT2D eigenvalue weighted by Crippen LogP contribution is 2.57. The summed E-state index contributed by atoms with van der Waals surface area (Å²) >= 11 is 0. The van der Waals surface area contributed by atoms with Gasteiger partial charge >= 0.3 is 0 Å². The van der Waals surface area contributed by atoms with Gasteiger partial charge in [-0.1, -0.05) is 133 Å². The molecule has 2 unspecified atom stereocenters. The van der Waals surface area contributed by atoms with E-state index in [2.05, 4.69) is 174 Å². The molecular weight excluding hydrogens is 623 g/mol. The Kier molecular flexibility index (Phi) is 6.08. The van der Waals surface area contributed by atoms with Crippen molar-refractivity contribution in [1.82, 2.24) is 4.57 Å². The van der Waals surface area contributed by atoms with Gasteiger partial charge in [0.2, 0.25) is 0 Å². The molecule has 2 atom stereocenters. The van der Waals surface area contributed by atoms with Crippen LogP contribution >= 0.6 is 0 Å². The number of nitrogens with zero attached hydrogens (tertiary/aromatic N) is 1. The van der Waals surface area contributed by atoms with Crippen LogP contribution in [0.1, 0.15) is 17.0 Å². The molecule has 0 radical (unpaired) electrons. The van der Waals surface area contributed by atoms with Gasteiger partial charge < -0.3 is 13.7 Å². The molecule has 3 heterocycles. The van der Waals surface area contributed by atoms with Gasteiger partial charge in [-0.15, -0.1) is 0 Å². The summed E-state index contributed by atoms with van der Waals surface area (Å²) in [4.78, 5) is 0. The number of ether oxygens (including phenoxy) is 1. The summed E-state index contributed by atoms with van der Waals surface area (Å²) in [5, 5.41) is 4.69. The van der Waals surface area contributed by atoms with E-state index in [1.165, 1.54) is 55.2 Å². The van der Waals surface area contributed by atoms with E-state index < -0.39 is 0 Å². The standard InChI is InChI=1S/C48H31NO2/c1-4-14-30(15-5-1)43-44(31-16-6-2-7-17-31)46-38-29-33(25-27-42(38)51-48(46)47-45(43)36-21-11-13-23-41(36)50-47)32-24-26-40-37(28-32)35-20-10-12-22-39(35)49(40)34-18-8-3-9-19-34/h1-29,38,42H. The van der Waals surface area contributed by atoms with Crippen LogP contribution in [0.2, 0.25) is 0 Å². The Hall–Kier alpha value is -6.58. The van der Waals surface area contributed by atoms with E-state index >= 15 is 0 Å². The topological polar surface area (TPSA) is 27.3 Å². The first-order chi connectivity index (χ1) is 25.3. The zero-order valence-electron chi connectivity index (χ0n) is 27.7. The minimum Gasteiger partial charge on any atom is -0.481 e. The summed E-state index contributed by atoms with van der Waals surface area (Å²) in [6.45, 7) is 0. The lowest BCUT2D eigenvalue weighted by molar-refractivity contribution is 0.269. The third-order valence-electron chi connectivity index (χ3n) is 10.7. The van der Waals surface area contributed by atoms with Crippen LogP contribution in [0.3, 0.4) is 0 Å². The Bertz CT molecular complexity index is 2880. The molecule has 1 aliphatic heterocycles. The van der Waals surface area contributed by atoms with Crippen LogP contribution in [0.15, 0.2) is 180 Å². The number of furan rings is 1. The Balaban J connectivity index is 1.16. The summed E-state index contributed by atoms with van der Waals surface area (Å²) in [7, 11) is 0. The zero-order valence-corrected chi connectivity index (χ0v) is 27.7. The lowest BCUT2D eigenvalue weighted by Gasteiger charge is -2.22. The van der Waals surface area contributed by atoms with Gasteiger partial charge in [0.15, 0.2) is 11.3 Å². The molecule has 2 aromatic heterocycles. The number of hydrogen-bond donors (Lipinski definition) is 0. The van der Waals surface area contributed by atoms with Gasteiger partial charge in [0.05, 0.1) is 11.0 Å². The second-order valence-electron chi connectivity index (χ2n) is 13.5. The molecule has 0 saturated carbocycles. The Labute approximate surface area is 295 Å². The number of para-hydroxylation sites is 3. The summed E-state index contributed by atoms with van der Waals surface area (Å²) in [6.07, 6.45) is 6.75. The van der Waals surface area contributed by atoms with Crippen molar-refractivity contribution in [1.29, 1.82) is 0 Å².